The van der Waals surface area contributed by atoms with Crippen molar-refractivity contribution in [1.29, 1.82) is 0 Å². The van der Waals surface area contributed by atoms with Crippen molar-refractivity contribution in [1.82, 2.24) is 0 Å². The minimum Gasteiger partial charge on any atom is -0.457 e. The first-order chi connectivity index (χ1) is 9.10. The molecule has 98 valence electrons. The highest BCUT2D eigenvalue weighted by molar-refractivity contribution is 7.98. The summed E-state index contributed by atoms with van der Waals surface area (Å²) in [5.41, 5.74) is 11.5. The first kappa shape index (κ1) is 13.3. The summed E-state index contributed by atoms with van der Waals surface area (Å²) in [5.74, 6) is 0.651. The SMILES string of the molecule is CSc1ccc(Oc2ccc(N)c(C(N)=O)c2)cc1. The zero-order valence-electron chi connectivity index (χ0n) is 10.4. The van der Waals surface area contributed by atoms with E-state index in [9.17, 15) is 4.79 Å². The fourth-order valence-electron chi connectivity index (χ4n) is 1.59. The molecule has 0 heterocycles. The van der Waals surface area contributed by atoms with E-state index in [2.05, 4.69) is 0 Å². The molecule has 0 unspecified atom stereocenters. The number of anilines is 1. The Hall–Kier alpha value is -2.14. The van der Waals surface area contributed by atoms with Crippen LogP contribution < -0.4 is 16.2 Å². The van der Waals surface area contributed by atoms with Crippen molar-refractivity contribution in [3.05, 3.63) is 48.0 Å². The second-order valence-corrected chi connectivity index (χ2v) is 4.77. The predicted molar refractivity (Wildman–Crippen MR) is 77.7 cm³/mol. The highest BCUT2D eigenvalue weighted by Crippen LogP contribution is 2.26. The molecular formula is C14H14N2O2S. The molecule has 2 aromatic carbocycles. The number of hydrogen-bond donors (Lipinski definition) is 2. The summed E-state index contributed by atoms with van der Waals surface area (Å²) in [6.45, 7) is 0. The van der Waals surface area contributed by atoms with E-state index in [0.29, 0.717) is 17.2 Å². The summed E-state index contributed by atoms with van der Waals surface area (Å²) in [4.78, 5) is 12.3. The molecule has 4 N–H and O–H groups in total. The molecule has 19 heavy (non-hydrogen) atoms. The molecule has 0 bridgehead atoms. The fraction of sp³-hybridized carbons (Fsp3) is 0.0714. The third-order valence-corrected chi connectivity index (χ3v) is 3.33. The maximum Gasteiger partial charge on any atom is 0.250 e. The number of nitrogen functional groups attached to an aromatic ring is 1. The van der Waals surface area contributed by atoms with Crippen LogP contribution in [-0.2, 0) is 0 Å². The van der Waals surface area contributed by atoms with Gasteiger partial charge in [-0.15, -0.1) is 11.8 Å². The lowest BCUT2D eigenvalue weighted by molar-refractivity contribution is 0.100. The Morgan fingerprint density at radius 1 is 1.11 bits per heavy atom. The number of carbonyl (C=O) groups excluding carboxylic acids is 1. The number of ether oxygens (including phenoxy) is 1. The molecule has 0 atom stereocenters. The van der Waals surface area contributed by atoms with Crippen LogP contribution in [0, 0.1) is 0 Å². The Bertz CT molecular complexity index is 597. The maximum absolute atomic E-state index is 11.2. The number of nitrogens with two attached hydrogens (primary N) is 2. The number of benzene rings is 2. The van der Waals surface area contributed by atoms with Crippen molar-refractivity contribution in [2.75, 3.05) is 12.0 Å². The van der Waals surface area contributed by atoms with Crippen molar-refractivity contribution in [2.45, 2.75) is 4.90 Å². The van der Waals surface area contributed by atoms with Gasteiger partial charge in [0.2, 0.25) is 0 Å². The molecular weight excluding hydrogens is 260 g/mol. The largest absolute Gasteiger partial charge is 0.457 e. The van der Waals surface area contributed by atoms with Crippen LogP contribution in [0.2, 0.25) is 0 Å². The van der Waals surface area contributed by atoms with Gasteiger partial charge in [-0.1, -0.05) is 0 Å². The third kappa shape index (κ3) is 3.20. The van der Waals surface area contributed by atoms with Crippen LogP contribution in [0.5, 0.6) is 11.5 Å². The zero-order valence-corrected chi connectivity index (χ0v) is 11.2. The molecule has 2 rings (SSSR count). The maximum atomic E-state index is 11.2. The van der Waals surface area contributed by atoms with Gasteiger partial charge in [0, 0.05) is 10.6 Å². The van der Waals surface area contributed by atoms with Crippen LogP contribution in [-0.4, -0.2) is 12.2 Å². The van der Waals surface area contributed by atoms with Crippen molar-refractivity contribution in [2.24, 2.45) is 5.73 Å². The molecule has 1 amide bonds. The number of primary amides is 1. The molecule has 0 aliphatic rings. The van der Waals surface area contributed by atoms with Crippen LogP contribution in [0.4, 0.5) is 5.69 Å². The highest BCUT2D eigenvalue weighted by atomic mass is 32.2. The minimum atomic E-state index is -0.569. The van der Waals surface area contributed by atoms with Crippen molar-refractivity contribution in [3.63, 3.8) is 0 Å². The highest BCUT2D eigenvalue weighted by Gasteiger charge is 2.08. The minimum absolute atomic E-state index is 0.262. The van der Waals surface area contributed by atoms with E-state index < -0.39 is 5.91 Å². The van der Waals surface area contributed by atoms with Gasteiger partial charge in [0.1, 0.15) is 11.5 Å². The van der Waals surface area contributed by atoms with Crippen molar-refractivity contribution < 1.29 is 9.53 Å². The Balaban J connectivity index is 2.22. The van der Waals surface area contributed by atoms with Gasteiger partial charge in [0.25, 0.3) is 5.91 Å². The standard InChI is InChI=1S/C14H14N2O2S/c1-19-11-5-2-9(3-6-11)18-10-4-7-13(15)12(8-10)14(16)17/h2-8H,15H2,1H3,(H2,16,17). The lowest BCUT2D eigenvalue weighted by atomic mass is 10.1. The molecule has 2 aromatic rings. The molecule has 4 nitrogen and oxygen atoms in total. The molecule has 0 radical (unpaired) electrons. The average Bonchev–Trinajstić information content (AvgIpc) is 2.41. The van der Waals surface area contributed by atoms with Gasteiger partial charge in [0.15, 0.2) is 0 Å². The van der Waals surface area contributed by atoms with Crippen LogP contribution in [0.15, 0.2) is 47.4 Å². The van der Waals surface area contributed by atoms with Gasteiger partial charge < -0.3 is 16.2 Å². The summed E-state index contributed by atoms with van der Waals surface area (Å²) in [6.07, 6.45) is 2.01. The summed E-state index contributed by atoms with van der Waals surface area (Å²) >= 11 is 1.66. The summed E-state index contributed by atoms with van der Waals surface area (Å²) < 4.78 is 5.65. The van der Waals surface area contributed by atoms with Gasteiger partial charge in [-0.05, 0) is 48.7 Å². The van der Waals surface area contributed by atoms with E-state index in [0.717, 1.165) is 4.90 Å². The van der Waals surface area contributed by atoms with Crippen LogP contribution in [0.25, 0.3) is 0 Å². The van der Waals surface area contributed by atoms with E-state index in [1.54, 1.807) is 30.0 Å². The van der Waals surface area contributed by atoms with Crippen LogP contribution in [0.1, 0.15) is 10.4 Å². The van der Waals surface area contributed by atoms with Crippen LogP contribution in [0.3, 0.4) is 0 Å². The topological polar surface area (TPSA) is 78.3 Å². The van der Waals surface area contributed by atoms with E-state index in [1.165, 1.54) is 0 Å². The predicted octanol–water partition coefficient (Wildman–Crippen LogP) is 2.88. The van der Waals surface area contributed by atoms with E-state index in [4.69, 9.17) is 16.2 Å². The summed E-state index contributed by atoms with van der Waals surface area (Å²) in [6, 6.07) is 12.5. The smallest absolute Gasteiger partial charge is 0.250 e. The van der Waals surface area contributed by atoms with Crippen molar-refractivity contribution in [3.8, 4) is 11.5 Å². The number of carbonyl (C=O) groups is 1. The first-order valence-corrected chi connectivity index (χ1v) is 6.84. The molecule has 0 saturated heterocycles. The normalized spacial score (nSPS) is 10.2. The second kappa shape index (κ2) is 5.67. The van der Waals surface area contributed by atoms with Gasteiger partial charge in [-0.25, -0.2) is 0 Å². The number of rotatable bonds is 4. The van der Waals surface area contributed by atoms with E-state index in [1.807, 2.05) is 30.5 Å². The molecule has 0 fully saturated rings. The molecule has 0 saturated carbocycles. The molecule has 0 aliphatic heterocycles. The summed E-state index contributed by atoms with van der Waals surface area (Å²) in [5, 5.41) is 0. The Kier molecular flexibility index (Phi) is 3.97. The number of hydrogen-bond acceptors (Lipinski definition) is 4. The fourth-order valence-corrected chi connectivity index (χ4v) is 2.00. The number of amides is 1. The monoisotopic (exact) mass is 274 g/mol. The lowest BCUT2D eigenvalue weighted by Gasteiger charge is -2.08. The Morgan fingerprint density at radius 3 is 2.32 bits per heavy atom. The quantitative estimate of drug-likeness (QED) is 0.663. The zero-order chi connectivity index (χ0) is 13.8. The lowest BCUT2D eigenvalue weighted by Crippen LogP contribution is -2.13. The molecule has 5 heteroatoms. The van der Waals surface area contributed by atoms with Gasteiger partial charge >= 0.3 is 0 Å². The average molecular weight is 274 g/mol. The van der Waals surface area contributed by atoms with Crippen molar-refractivity contribution >= 4 is 23.4 Å². The van der Waals surface area contributed by atoms with Gasteiger partial charge in [-0.2, -0.15) is 0 Å². The molecule has 0 aromatic heterocycles. The van der Waals surface area contributed by atoms with Gasteiger partial charge in [0.05, 0.1) is 5.56 Å². The van der Waals surface area contributed by atoms with Gasteiger partial charge in [-0.3, -0.25) is 4.79 Å². The van der Waals surface area contributed by atoms with E-state index in [-0.39, 0.29) is 5.56 Å². The summed E-state index contributed by atoms with van der Waals surface area (Å²) in [7, 11) is 0. The first-order valence-electron chi connectivity index (χ1n) is 5.61. The molecule has 0 aliphatic carbocycles. The number of thioether (sulfide) groups is 1. The Labute approximate surface area is 115 Å². The second-order valence-electron chi connectivity index (χ2n) is 3.89. The van der Waals surface area contributed by atoms with Crippen LogP contribution >= 0.6 is 11.8 Å². The van der Waals surface area contributed by atoms with E-state index >= 15 is 0 Å². The molecule has 0 spiro atoms. The Morgan fingerprint density at radius 2 is 1.74 bits per heavy atom. The third-order valence-electron chi connectivity index (χ3n) is 2.59.